The van der Waals surface area contributed by atoms with E-state index in [1.165, 1.54) is 0 Å². The van der Waals surface area contributed by atoms with Gasteiger partial charge in [0, 0.05) is 30.7 Å². The molecular weight excluding hydrogens is 496 g/mol. The van der Waals surface area contributed by atoms with E-state index in [2.05, 4.69) is 24.7 Å². The molecule has 0 atom stereocenters. The number of nitrogens with zero attached hydrogens (tertiary/aromatic N) is 4. The highest BCUT2D eigenvalue weighted by Crippen LogP contribution is 2.29. The highest BCUT2D eigenvalue weighted by atomic mass is 35.5. The standard InChI is InChI=1S/C26H35ClN4O4Si/c1-26(2,3)35-25(33)29-15-21-20-13-28-31(17-34-11-12-36(4,5)6)23(20)30(24(32)22(21)16-29)14-18-7-9-19(27)10-8-18/h7-10,13H,11-12,14-17H2,1-6H3. The molecule has 2 aromatic heterocycles. The maximum Gasteiger partial charge on any atom is 0.410 e. The Morgan fingerprint density at radius 1 is 1.11 bits per heavy atom. The molecule has 0 unspecified atom stereocenters. The average Bonchev–Trinajstić information content (AvgIpc) is 3.39. The largest absolute Gasteiger partial charge is 0.444 e. The first-order valence-electron chi connectivity index (χ1n) is 12.2. The Labute approximate surface area is 217 Å². The van der Waals surface area contributed by atoms with Gasteiger partial charge in [0.25, 0.3) is 5.56 Å². The van der Waals surface area contributed by atoms with Crippen molar-refractivity contribution < 1.29 is 14.3 Å². The van der Waals surface area contributed by atoms with Gasteiger partial charge in [-0.3, -0.25) is 14.3 Å². The molecule has 36 heavy (non-hydrogen) atoms. The fraction of sp³-hybridized carbons (Fsp3) is 0.500. The topological polar surface area (TPSA) is 78.6 Å². The van der Waals surface area contributed by atoms with E-state index < -0.39 is 19.8 Å². The lowest BCUT2D eigenvalue weighted by molar-refractivity contribution is 0.0242. The first-order chi connectivity index (χ1) is 16.8. The third-order valence-corrected chi connectivity index (χ3v) is 8.03. The molecule has 0 N–H and O–H groups in total. The normalized spacial score (nSPS) is 13.9. The molecule has 0 saturated heterocycles. The summed E-state index contributed by atoms with van der Waals surface area (Å²) in [7, 11) is -1.23. The van der Waals surface area contributed by atoms with E-state index in [1.807, 2.05) is 45.0 Å². The smallest absolute Gasteiger partial charge is 0.410 e. The number of rotatable bonds is 7. The van der Waals surface area contributed by atoms with E-state index in [-0.39, 0.29) is 18.8 Å². The molecule has 3 heterocycles. The van der Waals surface area contributed by atoms with E-state index in [0.29, 0.717) is 35.9 Å². The van der Waals surface area contributed by atoms with Gasteiger partial charge in [-0.2, -0.15) is 5.10 Å². The molecule has 0 fully saturated rings. The number of halogens is 1. The highest BCUT2D eigenvalue weighted by molar-refractivity contribution is 6.76. The summed E-state index contributed by atoms with van der Waals surface area (Å²) < 4.78 is 15.0. The summed E-state index contributed by atoms with van der Waals surface area (Å²) in [5, 5.41) is 6.06. The zero-order chi connectivity index (χ0) is 26.3. The van der Waals surface area contributed by atoms with Crippen molar-refractivity contribution in [1.29, 1.82) is 0 Å². The molecule has 0 aliphatic carbocycles. The SMILES string of the molecule is CC(C)(C)OC(=O)N1Cc2c(c3cnn(COCC[Si](C)(C)C)c3n(Cc3ccc(Cl)cc3)c2=O)C1. The number of hydrogen-bond donors (Lipinski definition) is 0. The zero-order valence-corrected chi connectivity index (χ0v) is 23.7. The van der Waals surface area contributed by atoms with Crippen LogP contribution >= 0.6 is 11.6 Å². The Hall–Kier alpha value is -2.62. The quantitative estimate of drug-likeness (QED) is 0.299. The van der Waals surface area contributed by atoms with Gasteiger partial charge in [0.05, 0.1) is 25.8 Å². The number of amides is 1. The molecule has 4 rings (SSSR count). The second kappa shape index (κ2) is 10.0. The van der Waals surface area contributed by atoms with E-state index in [9.17, 15) is 9.59 Å². The molecular formula is C26H35ClN4O4Si. The number of carbonyl (C=O) groups excluding carboxylic acids is 1. The number of hydrogen-bond acceptors (Lipinski definition) is 5. The molecule has 1 amide bonds. The molecule has 1 aliphatic heterocycles. The second-order valence-corrected chi connectivity index (χ2v) is 17.6. The van der Waals surface area contributed by atoms with Gasteiger partial charge >= 0.3 is 6.09 Å². The number of carbonyl (C=O) groups is 1. The van der Waals surface area contributed by atoms with Gasteiger partial charge in [-0.25, -0.2) is 9.48 Å². The van der Waals surface area contributed by atoms with E-state index in [4.69, 9.17) is 21.1 Å². The first-order valence-corrected chi connectivity index (χ1v) is 16.3. The van der Waals surface area contributed by atoms with Crippen LogP contribution in [0.3, 0.4) is 0 Å². The molecule has 0 saturated carbocycles. The summed E-state index contributed by atoms with van der Waals surface area (Å²) >= 11 is 6.07. The predicted molar refractivity (Wildman–Crippen MR) is 144 cm³/mol. The monoisotopic (exact) mass is 530 g/mol. The van der Waals surface area contributed by atoms with Crippen LogP contribution in [0.15, 0.2) is 35.3 Å². The van der Waals surface area contributed by atoms with Crippen molar-refractivity contribution in [2.45, 2.75) is 78.4 Å². The maximum atomic E-state index is 13.8. The van der Waals surface area contributed by atoms with Gasteiger partial charge in [0.2, 0.25) is 0 Å². The van der Waals surface area contributed by atoms with Crippen LogP contribution < -0.4 is 5.56 Å². The number of aromatic nitrogens is 3. The summed E-state index contributed by atoms with van der Waals surface area (Å²) in [6.45, 7) is 14.2. The predicted octanol–water partition coefficient (Wildman–Crippen LogP) is 5.46. The molecule has 0 spiro atoms. The minimum Gasteiger partial charge on any atom is -0.444 e. The van der Waals surface area contributed by atoms with Gasteiger partial charge in [0.1, 0.15) is 18.0 Å². The minimum absolute atomic E-state index is 0.137. The van der Waals surface area contributed by atoms with Crippen molar-refractivity contribution in [2.75, 3.05) is 6.61 Å². The third-order valence-electron chi connectivity index (χ3n) is 6.07. The summed E-state index contributed by atoms with van der Waals surface area (Å²) in [6.07, 6.45) is 1.34. The summed E-state index contributed by atoms with van der Waals surface area (Å²) in [5.74, 6) is 0. The molecule has 1 aliphatic rings. The van der Waals surface area contributed by atoms with E-state index >= 15 is 0 Å². The van der Waals surface area contributed by atoms with Crippen molar-refractivity contribution in [3.63, 3.8) is 0 Å². The lowest BCUT2D eigenvalue weighted by Gasteiger charge is -2.24. The maximum absolute atomic E-state index is 13.8. The summed E-state index contributed by atoms with van der Waals surface area (Å²) in [5.41, 5.74) is 2.30. The molecule has 1 aromatic carbocycles. The Morgan fingerprint density at radius 3 is 2.42 bits per heavy atom. The van der Waals surface area contributed by atoms with Crippen LogP contribution in [0, 0.1) is 0 Å². The average molecular weight is 531 g/mol. The molecule has 3 aromatic rings. The third kappa shape index (κ3) is 6.02. The molecule has 0 bridgehead atoms. The first kappa shape index (κ1) is 26.4. The van der Waals surface area contributed by atoms with Crippen molar-refractivity contribution in [3.8, 4) is 0 Å². The fourth-order valence-electron chi connectivity index (χ4n) is 4.21. The number of ether oxygens (including phenoxy) is 2. The van der Waals surface area contributed by atoms with Crippen LogP contribution in [0.4, 0.5) is 4.79 Å². The van der Waals surface area contributed by atoms with Gasteiger partial charge in [0.15, 0.2) is 0 Å². The zero-order valence-electron chi connectivity index (χ0n) is 21.9. The lowest BCUT2D eigenvalue weighted by atomic mass is 10.1. The molecule has 8 nitrogen and oxygen atoms in total. The second-order valence-electron chi connectivity index (χ2n) is 11.5. The van der Waals surface area contributed by atoms with Crippen molar-refractivity contribution in [2.24, 2.45) is 0 Å². The van der Waals surface area contributed by atoms with Crippen LogP contribution in [0.2, 0.25) is 30.7 Å². The van der Waals surface area contributed by atoms with Crippen molar-refractivity contribution >= 4 is 36.8 Å². The summed E-state index contributed by atoms with van der Waals surface area (Å²) in [4.78, 5) is 28.2. The summed E-state index contributed by atoms with van der Waals surface area (Å²) in [6, 6.07) is 8.49. The minimum atomic E-state index is -1.23. The lowest BCUT2D eigenvalue weighted by Crippen LogP contribution is -2.34. The molecule has 0 radical (unpaired) electrons. The van der Waals surface area contributed by atoms with Crippen LogP contribution in [0.25, 0.3) is 11.0 Å². The highest BCUT2D eigenvalue weighted by Gasteiger charge is 2.33. The number of fused-ring (bicyclic) bond motifs is 3. The van der Waals surface area contributed by atoms with Crippen molar-refractivity contribution in [1.82, 2.24) is 19.2 Å². The molecule has 194 valence electrons. The number of pyridine rings is 1. The van der Waals surface area contributed by atoms with Gasteiger partial charge < -0.3 is 9.47 Å². The fourth-order valence-corrected chi connectivity index (χ4v) is 5.09. The molecule has 10 heteroatoms. The Kier molecular flexibility index (Phi) is 7.37. The van der Waals surface area contributed by atoms with Crippen LogP contribution in [0.5, 0.6) is 0 Å². The van der Waals surface area contributed by atoms with E-state index in [1.54, 1.807) is 20.3 Å². The van der Waals surface area contributed by atoms with Crippen molar-refractivity contribution in [3.05, 3.63) is 62.5 Å². The van der Waals surface area contributed by atoms with Gasteiger partial charge in [-0.05, 0) is 50.1 Å². The van der Waals surface area contributed by atoms with Gasteiger partial charge in [-0.15, -0.1) is 0 Å². The number of benzene rings is 1. The Bertz CT molecular complexity index is 1320. The van der Waals surface area contributed by atoms with Crippen LogP contribution in [0.1, 0.15) is 37.5 Å². The van der Waals surface area contributed by atoms with E-state index in [0.717, 1.165) is 22.6 Å². The Balaban J connectivity index is 1.72. The van der Waals surface area contributed by atoms with Crippen LogP contribution in [-0.2, 0) is 35.8 Å². The van der Waals surface area contributed by atoms with Gasteiger partial charge in [-0.1, -0.05) is 43.4 Å². The Morgan fingerprint density at radius 2 is 1.78 bits per heavy atom. The van der Waals surface area contributed by atoms with Crippen LogP contribution in [-0.4, -0.2) is 45.6 Å².